The van der Waals surface area contributed by atoms with Crippen molar-refractivity contribution in [3.05, 3.63) is 78.1 Å². The number of amides is 1. The Kier molecular flexibility index (Phi) is 6.95. The number of benzene rings is 2. The molecular weight excluding hydrogens is 398 g/mol. The zero-order valence-electron chi connectivity index (χ0n) is 17.1. The Morgan fingerprint density at radius 2 is 1.57 bits per heavy atom. The molecule has 0 fully saturated rings. The largest absolute Gasteiger partial charge is 0.355 e. The van der Waals surface area contributed by atoms with E-state index in [4.69, 9.17) is 0 Å². The number of hydrogen-bond donors (Lipinski definition) is 1. The quantitative estimate of drug-likeness (QED) is 0.601. The standard InChI is InChI=1S/C23H25N3O3S/c1-17(2)30(28,29)21-10-8-18(9-11-21)14-22(27)24-13-12-19-15-25-23(26-16-19)20-6-4-3-5-7-20/h3-11,15-17H,12-14H2,1-2H3,(H,24,27). The Morgan fingerprint density at radius 1 is 0.933 bits per heavy atom. The van der Waals surface area contributed by atoms with Crippen LogP contribution in [0.2, 0.25) is 0 Å². The summed E-state index contributed by atoms with van der Waals surface area (Å²) in [6.45, 7) is 3.78. The van der Waals surface area contributed by atoms with Crippen LogP contribution in [-0.2, 0) is 27.5 Å². The van der Waals surface area contributed by atoms with Gasteiger partial charge in [-0.25, -0.2) is 18.4 Å². The van der Waals surface area contributed by atoms with Crippen molar-refractivity contribution in [2.24, 2.45) is 0 Å². The number of hydrogen-bond acceptors (Lipinski definition) is 5. The molecule has 0 aliphatic heterocycles. The third-order valence-electron chi connectivity index (χ3n) is 4.71. The second-order valence-corrected chi connectivity index (χ2v) is 9.80. The molecule has 1 heterocycles. The van der Waals surface area contributed by atoms with Gasteiger partial charge in [0.05, 0.1) is 16.6 Å². The predicted octanol–water partition coefficient (Wildman–Crippen LogP) is 3.23. The van der Waals surface area contributed by atoms with E-state index in [1.807, 2.05) is 30.3 Å². The van der Waals surface area contributed by atoms with Crippen LogP contribution in [0, 0.1) is 0 Å². The molecule has 0 atom stereocenters. The van der Waals surface area contributed by atoms with Gasteiger partial charge in [-0.1, -0.05) is 42.5 Å². The lowest BCUT2D eigenvalue weighted by Gasteiger charge is -2.09. The molecule has 0 saturated carbocycles. The van der Waals surface area contributed by atoms with E-state index in [1.165, 1.54) is 0 Å². The average molecular weight is 424 g/mol. The normalized spacial score (nSPS) is 11.4. The molecule has 2 aromatic carbocycles. The molecule has 0 bridgehead atoms. The monoisotopic (exact) mass is 423 g/mol. The molecule has 3 aromatic rings. The lowest BCUT2D eigenvalue weighted by Crippen LogP contribution is -2.27. The number of aromatic nitrogens is 2. The first-order valence-corrected chi connectivity index (χ1v) is 11.4. The SMILES string of the molecule is CC(C)S(=O)(=O)c1ccc(CC(=O)NCCc2cnc(-c3ccccc3)nc2)cc1. The lowest BCUT2D eigenvalue weighted by molar-refractivity contribution is -0.120. The maximum atomic E-state index is 12.2. The summed E-state index contributed by atoms with van der Waals surface area (Å²) < 4.78 is 24.3. The summed E-state index contributed by atoms with van der Waals surface area (Å²) in [6, 6.07) is 16.2. The maximum absolute atomic E-state index is 12.2. The van der Waals surface area contributed by atoms with E-state index in [0.717, 1.165) is 16.7 Å². The van der Waals surface area contributed by atoms with Crippen molar-refractivity contribution in [1.29, 1.82) is 0 Å². The third kappa shape index (κ3) is 5.51. The second kappa shape index (κ2) is 9.63. The Balaban J connectivity index is 1.48. The zero-order chi connectivity index (χ0) is 21.6. The van der Waals surface area contributed by atoms with Gasteiger partial charge in [0.2, 0.25) is 5.91 Å². The number of nitrogens with one attached hydrogen (secondary N) is 1. The van der Waals surface area contributed by atoms with Crippen LogP contribution < -0.4 is 5.32 Å². The smallest absolute Gasteiger partial charge is 0.224 e. The van der Waals surface area contributed by atoms with Crippen LogP contribution in [0.1, 0.15) is 25.0 Å². The van der Waals surface area contributed by atoms with Crippen LogP contribution >= 0.6 is 0 Å². The molecule has 1 aromatic heterocycles. The molecule has 0 radical (unpaired) electrons. The van der Waals surface area contributed by atoms with Crippen molar-refractivity contribution >= 4 is 15.7 Å². The number of carbonyl (C=O) groups is 1. The van der Waals surface area contributed by atoms with Crippen molar-refractivity contribution in [1.82, 2.24) is 15.3 Å². The van der Waals surface area contributed by atoms with Crippen molar-refractivity contribution < 1.29 is 13.2 Å². The molecule has 156 valence electrons. The summed E-state index contributed by atoms with van der Waals surface area (Å²) in [6.07, 6.45) is 4.38. The van der Waals surface area contributed by atoms with E-state index in [-0.39, 0.29) is 17.2 Å². The molecule has 1 N–H and O–H groups in total. The fourth-order valence-corrected chi connectivity index (χ4v) is 3.94. The first-order chi connectivity index (χ1) is 14.4. The zero-order valence-corrected chi connectivity index (χ0v) is 17.9. The van der Waals surface area contributed by atoms with Crippen molar-refractivity contribution in [2.45, 2.75) is 36.8 Å². The van der Waals surface area contributed by atoms with Crippen molar-refractivity contribution in [3.63, 3.8) is 0 Å². The van der Waals surface area contributed by atoms with Gasteiger partial charge >= 0.3 is 0 Å². The highest BCUT2D eigenvalue weighted by Gasteiger charge is 2.18. The number of nitrogens with zero attached hydrogens (tertiary/aromatic N) is 2. The lowest BCUT2D eigenvalue weighted by atomic mass is 10.1. The van der Waals surface area contributed by atoms with Gasteiger partial charge in [-0.05, 0) is 43.5 Å². The number of carbonyl (C=O) groups excluding carboxylic acids is 1. The fourth-order valence-electron chi connectivity index (χ4n) is 2.88. The van der Waals surface area contributed by atoms with Crippen LogP contribution in [0.15, 0.2) is 71.9 Å². The third-order valence-corrected chi connectivity index (χ3v) is 6.88. The van der Waals surface area contributed by atoms with Gasteiger partial charge in [0.15, 0.2) is 15.7 Å². The highest BCUT2D eigenvalue weighted by molar-refractivity contribution is 7.92. The maximum Gasteiger partial charge on any atom is 0.224 e. The molecule has 1 amide bonds. The first kappa shape index (κ1) is 21.6. The molecular formula is C23H25N3O3S. The Hall–Kier alpha value is -3.06. The van der Waals surface area contributed by atoms with Gasteiger partial charge in [-0.3, -0.25) is 4.79 Å². The molecule has 0 spiro atoms. The highest BCUT2D eigenvalue weighted by Crippen LogP contribution is 2.17. The van der Waals surface area contributed by atoms with Crippen LogP contribution in [0.4, 0.5) is 0 Å². The number of rotatable bonds is 8. The van der Waals surface area contributed by atoms with Crippen LogP contribution in [0.3, 0.4) is 0 Å². The van der Waals surface area contributed by atoms with Gasteiger partial charge in [0.1, 0.15) is 0 Å². The van der Waals surface area contributed by atoms with E-state index >= 15 is 0 Å². The van der Waals surface area contributed by atoms with E-state index in [0.29, 0.717) is 18.8 Å². The van der Waals surface area contributed by atoms with Crippen LogP contribution in [0.5, 0.6) is 0 Å². The van der Waals surface area contributed by atoms with Gasteiger partial charge < -0.3 is 5.32 Å². The molecule has 0 saturated heterocycles. The van der Waals surface area contributed by atoms with Crippen molar-refractivity contribution in [2.75, 3.05) is 6.54 Å². The molecule has 6 nitrogen and oxygen atoms in total. The van der Waals surface area contributed by atoms with Gasteiger partial charge in [0.25, 0.3) is 0 Å². The summed E-state index contributed by atoms with van der Waals surface area (Å²) in [5.41, 5.74) is 2.67. The Bertz CT molecular complexity index is 1080. The molecule has 0 unspecified atom stereocenters. The summed E-state index contributed by atoms with van der Waals surface area (Å²) in [5.74, 6) is 0.558. The summed E-state index contributed by atoms with van der Waals surface area (Å²) >= 11 is 0. The molecule has 0 aliphatic rings. The highest BCUT2D eigenvalue weighted by atomic mass is 32.2. The average Bonchev–Trinajstić information content (AvgIpc) is 2.75. The first-order valence-electron chi connectivity index (χ1n) is 9.82. The topological polar surface area (TPSA) is 89.0 Å². The molecule has 3 rings (SSSR count). The minimum atomic E-state index is -3.30. The van der Waals surface area contributed by atoms with Crippen LogP contribution in [-0.4, -0.2) is 36.1 Å². The summed E-state index contributed by atoms with van der Waals surface area (Å²) in [5, 5.41) is 2.40. The number of sulfone groups is 1. The Labute approximate surface area is 177 Å². The molecule has 30 heavy (non-hydrogen) atoms. The van der Waals surface area contributed by atoms with E-state index in [9.17, 15) is 13.2 Å². The molecule has 0 aliphatic carbocycles. The van der Waals surface area contributed by atoms with Gasteiger partial charge in [-0.2, -0.15) is 0 Å². The van der Waals surface area contributed by atoms with Crippen LogP contribution in [0.25, 0.3) is 11.4 Å². The predicted molar refractivity (Wildman–Crippen MR) is 117 cm³/mol. The Morgan fingerprint density at radius 3 is 2.17 bits per heavy atom. The van der Waals surface area contributed by atoms with Gasteiger partial charge in [-0.15, -0.1) is 0 Å². The minimum absolute atomic E-state index is 0.115. The minimum Gasteiger partial charge on any atom is -0.355 e. The fraction of sp³-hybridized carbons (Fsp3) is 0.261. The van der Waals surface area contributed by atoms with E-state index in [2.05, 4.69) is 15.3 Å². The van der Waals surface area contributed by atoms with Gasteiger partial charge in [0, 0.05) is 24.5 Å². The van der Waals surface area contributed by atoms with Crippen molar-refractivity contribution in [3.8, 4) is 11.4 Å². The van der Waals surface area contributed by atoms with E-state index in [1.54, 1.807) is 50.5 Å². The van der Waals surface area contributed by atoms with E-state index < -0.39 is 15.1 Å². The second-order valence-electron chi connectivity index (χ2n) is 7.30. The summed E-state index contributed by atoms with van der Waals surface area (Å²) in [4.78, 5) is 21.2. The molecule has 7 heteroatoms. The summed E-state index contributed by atoms with van der Waals surface area (Å²) in [7, 11) is -3.30.